The van der Waals surface area contributed by atoms with E-state index in [1.807, 2.05) is 24.4 Å². The van der Waals surface area contributed by atoms with Gasteiger partial charge in [-0.05, 0) is 24.6 Å². The summed E-state index contributed by atoms with van der Waals surface area (Å²) in [7, 11) is 0. The lowest BCUT2D eigenvalue weighted by molar-refractivity contribution is 0.677. The second-order valence-corrected chi connectivity index (χ2v) is 4.00. The van der Waals surface area contributed by atoms with Crippen molar-refractivity contribution < 1.29 is 0 Å². The number of rotatable bonds is 5. The van der Waals surface area contributed by atoms with Crippen LogP contribution in [0.15, 0.2) is 36.8 Å². The number of benzene rings is 1. The van der Waals surface area contributed by atoms with Crippen molar-refractivity contribution in [3.63, 3.8) is 0 Å². The van der Waals surface area contributed by atoms with Gasteiger partial charge in [0.15, 0.2) is 0 Å². The lowest BCUT2D eigenvalue weighted by atomic mass is 10.1. The second-order valence-electron chi connectivity index (χ2n) is 3.60. The van der Waals surface area contributed by atoms with Crippen molar-refractivity contribution in [2.45, 2.75) is 13.0 Å². The fourth-order valence-corrected chi connectivity index (χ4v) is 1.76. The van der Waals surface area contributed by atoms with Crippen molar-refractivity contribution in [2.24, 2.45) is 0 Å². The lowest BCUT2D eigenvalue weighted by Gasteiger charge is -2.05. The average Bonchev–Trinajstić information content (AvgIpc) is 2.79. The molecule has 1 aromatic heterocycles. The van der Waals surface area contributed by atoms with E-state index in [1.54, 1.807) is 6.33 Å². The second kappa shape index (κ2) is 5.68. The van der Waals surface area contributed by atoms with Crippen molar-refractivity contribution in [1.82, 2.24) is 15.3 Å². The van der Waals surface area contributed by atoms with Gasteiger partial charge in [0.25, 0.3) is 0 Å². The third-order valence-electron chi connectivity index (χ3n) is 2.40. The number of hydrogen-bond donors (Lipinski definition) is 2. The van der Waals surface area contributed by atoms with Crippen molar-refractivity contribution in [1.29, 1.82) is 0 Å². The summed E-state index contributed by atoms with van der Waals surface area (Å²) in [5.74, 6) is 0. The predicted octanol–water partition coefficient (Wildman–Crippen LogP) is 2.40. The van der Waals surface area contributed by atoms with Crippen molar-refractivity contribution in [3.05, 3.63) is 53.1 Å². The topological polar surface area (TPSA) is 40.7 Å². The van der Waals surface area contributed by atoms with E-state index in [-0.39, 0.29) is 0 Å². The number of aromatic nitrogens is 2. The zero-order valence-corrected chi connectivity index (χ0v) is 9.67. The van der Waals surface area contributed by atoms with Crippen LogP contribution >= 0.6 is 11.6 Å². The highest BCUT2D eigenvalue weighted by atomic mass is 35.5. The summed E-state index contributed by atoms with van der Waals surface area (Å²) in [5.41, 5.74) is 2.28. The number of halogens is 1. The van der Waals surface area contributed by atoms with Gasteiger partial charge in [-0.2, -0.15) is 0 Å². The molecule has 0 saturated heterocycles. The predicted molar refractivity (Wildman–Crippen MR) is 65.5 cm³/mol. The van der Waals surface area contributed by atoms with Crippen LogP contribution in [0.5, 0.6) is 0 Å². The van der Waals surface area contributed by atoms with Crippen LogP contribution < -0.4 is 5.32 Å². The van der Waals surface area contributed by atoms with Gasteiger partial charge in [0.05, 0.1) is 6.33 Å². The Morgan fingerprint density at radius 2 is 2.19 bits per heavy atom. The van der Waals surface area contributed by atoms with Gasteiger partial charge in [0, 0.05) is 23.5 Å². The highest BCUT2D eigenvalue weighted by molar-refractivity contribution is 6.31. The molecule has 0 spiro atoms. The Bertz CT molecular complexity index is 426. The minimum Gasteiger partial charge on any atom is -0.347 e. The Morgan fingerprint density at radius 3 is 2.94 bits per heavy atom. The maximum atomic E-state index is 6.06. The average molecular weight is 236 g/mol. The van der Waals surface area contributed by atoms with Crippen LogP contribution in [0.25, 0.3) is 0 Å². The summed E-state index contributed by atoms with van der Waals surface area (Å²) in [5, 5.41) is 4.17. The zero-order valence-electron chi connectivity index (χ0n) is 8.91. The first kappa shape index (κ1) is 11.2. The van der Waals surface area contributed by atoms with Crippen LogP contribution in [0.4, 0.5) is 0 Å². The molecule has 2 aromatic rings. The Hall–Kier alpha value is -1.32. The van der Waals surface area contributed by atoms with Gasteiger partial charge >= 0.3 is 0 Å². The quantitative estimate of drug-likeness (QED) is 0.782. The number of H-pyrrole nitrogens is 1. The molecule has 0 radical (unpaired) electrons. The maximum absolute atomic E-state index is 6.06. The van der Waals surface area contributed by atoms with Crippen LogP contribution in [0.2, 0.25) is 5.02 Å². The molecule has 0 amide bonds. The summed E-state index contributed by atoms with van der Waals surface area (Å²) in [4.78, 5) is 7.00. The molecule has 0 bridgehead atoms. The summed E-state index contributed by atoms with van der Waals surface area (Å²) >= 11 is 6.06. The largest absolute Gasteiger partial charge is 0.347 e. The first-order chi connectivity index (χ1) is 7.86. The SMILES string of the molecule is Clc1ccccc1CCNCc1cnc[nH]1. The monoisotopic (exact) mass is 235 g/mol. The van der Waals surface area contributed by atoms with E-state index in [2.05, 4.69) is 21.4 Å². The Balaban J connectivity index is 1.74. The number of hydrogen-bond acceptors (Lipinski definition) is 2. The summed E-state index contributed by atoms with van der Waals surface area (Å²) in [6.45, 7) is 1.72. The van der Waals surface area contributed by atoms with Gasteiger partial charge in [-0.25, -0.2) is 4.98 Å². The highest BCUT2D eigenvalue weighted by Gasteiger charge is 1.98. The first-order valence-electron chi connectivity index (χ1n) is 5.27. The van der Waals surface area contributed by atoms with Gasteiger partial charge in [-0.15, -0.1) is 0 Å². The van der Waals surface area contributed by atoms with Crippen LogP contribution in [-0.2, 0) is 13.0 Å². The number of nitrogens with zero attached hydrogens (tertiary/aromatic N) is 1. The molecule has 0 aliphatic carbocycles. The molecule has 16 heavy (non-hydrogen) atoms. The molecule has 1 aromatic carbocycles. The van der Waals surface area contributed by atoms with Crippen LogP contribution in [0.1, 0.15) is 11.3 Å². The van der Waals surface area contributed by atoms with E-state index in [0.717, 1.165) is 30.2 Å². The first-order valence-corrected chi connectivity index (χ1v) is 5.65. The molecule has 0 fully saturated rings. The highest BCUT2D eigenvalue weighted by Crippen LogP contribution is 2.14. The molecule has 0 saturated carbocycles. The summed E-state index contributed by atoms with van der Waals surface area (Å²) in [6, 6.07) is 7.94. The van der Waals surface area contributed by atoms with E-state index >= 15 is 0 Å². The van der Waals surface area contributed by atoms with E-state index in [1.165, 1.54) is 5.56 Å². The van der Waals surface area contributed by atoms with Crippen LogP contribution in [0, 0.1) is 0 Å². The molecule has 84 valence electrons. The van der Waals surface area contributed by atoms with Gasteiger partial charge < -0.3 is 10.3 Å². The third-order valence-corrected chi connectivity index (χ3v) is 2.77. The molecule has 2 rings (SSSR count). The molecular formula is C12H14ClN3. The van der Waals surface area contributed by atoms with E-state index in [0.29, 0.717) is 0 Å². The Morgan fingerprint density at radius 1 is 1.31 bits per heavy atom. The fourth-order valence-electron chi connectivity index (χ4n) is 1.53. The van der Waals surface area contributed by atoms with Crippen molar-refractivity contribution in [2.75, 3.05) is 6.54 Å². The minimum absolute atomic E-state index is 0.810. The standard InChI is InChI=1S/C12H14ClN3/c13-12-4-2-1-3-10(12)5-6-14-7-11-8-15-9-16-11/h1-4,8-9,14H,5-7H2,(H,15,16). The molecular weight excluding hydrogens is 222 g/mol. The molecule has 0 aliphatic heterocycles. The van der Waals surface area contributed by atoms with E-state index < -0.39 is 0 Å². The third kappa shape index (κ3) is 3.08. The van der Waals surface area contributed by atoms with Crippen LogP contribution in [-0.4, -0.2) is 16.5 Å². The van der Waals surface area contributed by atoms with Gasteiger partial charge in [0.1, 0.15) is 0 Å². The lowest BCUT2D eigenvalue weighted by Crippen LogP contribution is -2.16. The van der Waals surface area contributed by atoms with Gasteiger partial charge in [-0.3, -0.25) is 0 Å². The molecule has 4 heteroatoms. The minimum atomic E-state index is 0.810. The number of nitrogens with one attached hydrogen (secondary N) is 2. The summed E-state index contributed by atoms with van der Waals surface area (Å²) in [6.07, 6.45) is 4.45. The van der Waals surface area contributed by atoms with Crippen molar-refractivity contribution in [3.8, 4) is 0 Å². The maximum Gasteiger partial charge on any atom is 0.0922 e. The van der Waals surface area contributed by atoms with Crippen LogP contribution in [0.3, 0.4) is 0 Å². The molecule has 0 aliphatic rings. The fraction of sp³-hybridized carbons (Fsp3) is 0.250. The normalized spacial score (nSPS) is 10.6. The molecule has 1 heterocycles. The van der Waals surface area contributed by atoms with Crippen molar-refractivity contribution >= 4 is 11.6 Å². The number of imidazole rings is 1. The van der Waals surface area contributed by atoms with E-state index in [9.17, 15) is 0 Å². The molecule has 0 atom stereocenters. The summed E-state index contributed by atoms with van der Waals surface area (Å²) < 4.78 is 0. The molecule has 3 nitrogen and oxygen atoms in total. The van der Waals surface area contributed by atoms with E-state index in [4.69, 9.17) is 11.6 Å². The Labute approximate surface area is 99.9 Å². The Kier molecular flexibility index (Phi) is 3.97. The van der Waals surface area contributed by atoms with Gasteiger partial charge in [-0.1, -0.05) is 29.8 Å². The zero-order chi connectivity index (χ0) is 11.2. The smallest absolute Gasteiger partial charge is 0.0922 e. The number of aromatic amines is 1. The molecule has 2 N–H and O–H groups in total. The van der Waals surface area contributed by atoms with Gasteiger partial charge in [0.2, 0.25) is 0 Å². The molecule has 0 unspecified atom stereocenters.